The van der Waals surface area contributed by atoms with Crippen molar-refractivity contribution in [1.82, 2.24) is 15.1 Å². The van der Waals surface area contributed by atoms with E-state index < -0.39 is 39.2 Å². The smallest absolute Gasteiger partial charge is 0.310 e. The molecule has 0 bridgehead atoms. The quantitative estimate of drug-likeness (QED) is 0.347. The maximum absolute atomic E-state index is 15.0. The third-order valence-corrected chi connectivity index (χ3v) is 6.83. The SMILES string of the molecule is N#Cc1cc(NC(=O)COc2cccc(S(F)(F)(F)(F)F)c2)cc(F)c1-c1cnn(C2CCNCC2)c1. The van der Waals surface area contributed by atoms with Gasteiger partial charge >= 0.3 is 10.2 Å². The summed E-state index contributed by atoms with van der Waals surface area (Å²) < 4.78 is 86.5. The number of piperidine rings is 1. The van der Waals surface area contributed by atoms with Gasteiger partial charge in [0.25, 0.3) is 5.91 Å². The molecule has 0 radical (unpaired) electrons. The number of nitriles is 1. The van der Waals surface area contributed by atoms with Crippen LogP contribution in [-0.4, -0.2) is 35.4 Å². The maximum atomic E-state index is 15.0. The summed E-state index contributed by atoms with van der Waals surface area (Å²) in [4.78, 5) is 10.1. The molecular weight excluding hydrogens is 524 g/mol. The van der Waals surface area contributed by atoms with Gasteiger partial charge in [0.05, 0.1) is 23.9 Å². The van der Waals surface area contributed by atoms with Gasteiger partial charge in [0, 0.05) is 29.1 Å². The zero-order valence-electron chi connectivity index (χ0n) is 19.1. The van der Waals surface area contributed by atoms with Crippen LogP contribution in [0.3, 0.4) is 0 Å². The molecule has 0 unspecified atom stereocenters. The van der Waals surface area contributed by atoms with E-state index in [2.05, 4.69) is 15.7 Å². The van der Waals surface area contributed by atoms with Crippen LogP contribution in [0.25, 0.3) is 11.1 Å². The van der Waals surface area contributed by atoms with Crippen LogP contribution in [-0.2, 0) is 4.79 Å². The summed E-state index contributed by atoms with van der Waals surface area (Å²) in [6.07, 6.45) is 4.81. The predicted octanol–water partition coefficient (Wildman–Crippen LogP) is 6.16. The highest BCUT2D eigenvalue weighted by atomic mass is 32.5. The van der Waals surface area contributed by atoms with Gasteiger partial charge in [-0.25, -0.2) is 4.39 Å². The second kappa shape index (κ2) is 9.00. The molecule has 2 aromatic carbocycles. The topological polar surface area (TPSA) is 92.0 Å². The van der Waals surface area contributed by atoms with Gasteiger partial charge in [-0.05, 0) is 50.2 Å². The third-order valence-electron chi connectivity index (χ3n) is 5.69. The van der Waals surface area contributed by atoms with Gasteiger partial charge in [-0.1, -0.05) is 25.5 Å². The number of nitrogens with zero attached hydrogens (tertiary/aromatic N) is 3. The number of amides is 1. The van der Waals surface area contributed by atoms with E-state index in [1.807, 2.05) is 6.07 Å². The first-order chi connectivity index (χ1) is 17.2. The molecule has 1 amide bonds. The van der Waals surface area contributed by atoms with Crippen LogP contribution >= 0.6 is 10.2 Å². The Labute approximate surface area is 207 Å². The van der Waals surface area contributed by atoms with E-state index in [1.165, 1.54) is 12.3 Å². The Morgan fingerprint density at radius 3 is 2.59 bits per heavy atom. The third kappa shape index (κ3) is 6.36. The number of carbonyl (C=O) groups excluding carboxylic acids is 1. The van der Waals surface area contributed by atoms with Crippen molar-refractivity contribution in [3.05, 3.63) is 60.2 Å². The highest BCUT2D eigenvalue weighted by Crippen LogP contribution is 3.02. The Morgan fingerprint density at radius 1 is 1.19 bits per heavy atom. The average Bonchev–Trinajstić information content (AvgIpc) is 3.31. The minimum Gasteiger partial charge on any atom is -0.484 e. The van der Waals surface area contributed by atoms with Crippen LogP contribution in [0.2, 0.25) is 0 Å². The normalized spacial score (nSPS) is 16.4. The van der Waals surface area contributed by atoms with E-state index in [0.29, 0.717) is 5.56 Å². The standard InChI is InChI=1S/C23H21F6N5O2S/c24-21-9-17(33-22(35)14-36-19-2-1-3-20(10-19)37(25,26,27,28)29)8-15(11-30)23(21)16-12-32-34(13-16)18-4-6-31-7-5-18/h1-3,8-10,12-13,18,31H,4-7,14H2,(H,33,35). The van der Waals surface area contributed by atoms with E-state index in [9.17, 15) is 29.5 Å². The zero-order chi connectivity index (χ0) is 26.9. The number of hydrogen-bond donors (Lipinski definition) is 2. The molecule has 14 heteroatoms. The molecule has 1 aliphatic heterocycles. The lowest BCUT2D eigenvalue weighted by atomic mass is 10.0. The Balaban J connectivity index is 1.46. The summed E-state index contributed by atoms with van der Waals surface area (Å²) in [5, 5.41) is 19.4. The molecule has 0 atom stereocenters. The number of halogens is 6. The lowest BCUT2D eigenvalue weighted by Gasteiger charge is -2.40. The Kier molecular flexibility index (Phi) is 6.41. The van der Waals surface area contributed by atoms with Crippen LogP contribution < -0.4 is 15.4 Å². The number of ether oxygens (including phenoxy) is 1. The second-order valence-electron chi connectivity index (χ2n) is 8.46. The molecule has 0 aliphatic carbocycles. The minimum absolute atomic E-state index is 0.00439. The maximum Gasteiger partial charge on any atom is 0.310 e. The van der Waals surface area contributed by atoms with E-state index in [-0.39, 0.29) is 35.0 Å². The number of benzene rings is 2. The van der Waals surface area contributed by atoms with Crippen molar-refractivity contribution in [2.45, 2.75) is 23.8 Å². The summed E-state index contributed by atoms with van der Waals surface area (Å²) >= 11 is 0. The van der Waals surface area contributed by atoms with Crippen LogP contribution in [0.15, 0.2) is 53.7 Å². The second-order valence-corrected chi connectivity index (χ2v) is 10.9. The largest absolute Gasteiger partial charge is 0.484 e. The summed E-state index contributed by atoms with van der Waals surface area (Å²) in [6, 6.07) is 6.24. The number of carbonyl (C=O) groups is 1. The zero-order valence-corrected chi connectivity index (χ0v) is 19.9. The van der Waals surface area contributed by atoms with Crippen molar-refractivity contribution in [2.24, 2.45) is 0 Å². The molecule has 37 heavy (non-hydrogen) atoms. The summed E-state index contributed by atoms with van der Waals surface area (Å²) in [5.41, 5.74) is 0.213. The molecule has 2 N–H and O–H groups in total. The van der Waals surface area contributed by atoms with Crippen molar-refractivity contribution >= 4 is 21.8 Å². The molecule has 2 heterocycles. The van der Waals surface area contributed by atoms with Crippen LogP contribution in [0.4, 0.5) is 29.5 Å². The molecule has 0 spiro atoms. The van der Waals surface area contributed by atoms with E-state index in [0.717, 1.165) is 44.1 Å². The van der Waals surface area contributed by atoms with E-state index in [4.69, 9.17) is 4.74 Å². The molecular formula is C23H21F6N5O2S. The van der Waals surface area contributed by atoms with Crippen LogP contribution in [0.5, 0.6) is 5.75 Å². The van der Waals surface area contributed by atoms with Crippen molar-refractivity contribution in [3.63, 3.8) is 0 Å². The van der Waals surface area contributed by atoms with Crippen molar-refractivity contribution < 1.29 is 33.4 Å². The van der Waals surface area contributed by atoms with Gasteiger partial charge in [-0.3, -0.25) is 9.48 Å². The minimum atomic E-state index is -9.92. The number of hydrogen-bond acceptors (Lipinski definition) is 5. The van der Waals surface area contributed by atoms with Gasteiger partial charge < -0.3 is 15.4 Å². The van der Waals surface area contributed by atoms with Gasteiger partial charge in [0.15, 0.2) is 6.61 Å². The van der Waals surface area contributed by atoms with Gasteiger partial charge in [-0.2, -0.15) is 10.4 Å². The van der Waals surface area contributed by atoms with Gasteiger partial charge in [-0.15, -0.1) is 0 Å². The highest BCUT2D eigenvalue weighted by Gasteiger charge is 2.65. The number of aromatic nitrogens is 2. The van der Waals surface area contributed by atoms with E-state index >= 15 is 4.39 Å². The molecule has 1 saturated heterocycles. The number of anilines is 1. The lowest BCUT2D eigenvalue weighted by Crippen LogP contribution is -2.29. The molecule has 0 saturated carbocycles. The molecule has 7 nitrogen and oxygen atoms in total. The molecule has 3 aromatic rings. The fourth-order valence-corrected chi connectivity index (χ4v) is 4.62. The molecule has 4 rings (SSSR count). The monoisotopic (exact) mass is 545 g/mol. The van der Waals surface area contributed by atoms with Crippen molar-refractivity contribution in [3.8, 4) is 22.9 Å². The van der Waals surface area contributed by atoms with Gasteiger partial charge in [0.1, 0.15) is 16.5 Å². The molecule has 1 aromatic heterocycles. The van der Waals surface area contributed by atoms with E-state index in [1.54, 1.807) is 10.9 Å². The predicted molar refractivity (Wildman–Crippen MR) is 125 cm³/mol. The van der Waals surface area contributed by atoms with Crippen LogP contribution in [0, 0.1) is 17.1 Å². The molecule has 1 fully saturated rings. The molecule has 1 aliphatic rings. The fourth-order valence-electron chi connectivity index (χ4n) is 3.95. The summed E-state index contributed by atoms with van der Waals surface area (Å²) in [7, 11) is -9.92. The fraction of sp³-hybridized carbons (Fsp3) is 0.261. The molecule has 198 valence electrons. The van der Waals surface area contributed by atoms with Crippen molar-refractivity contribution in [1.29, 1.82) is 5.26 Å². The first-order valence-electron chi connectivity index (χ1n) is 11.0. The van der Waals surface area contributed by atoms with Crippen molar-refractivity contribution in [2.75, 3.05) is 25.0 Å². The Morgan fingerprint density at radius 2 is 1.92 bits per heavy atom. The first kappa shape index (κ1) is 26.4. The highest BCUT2D eigenvalue weighted by molar-refractivity contribution is 8.45. The summed E-state index contributed by atoms with van der Waals surface area (Å²) in [5.74, 6) is -2.32. The Hall–Kier alpha value is -3.70. The average molecular weight is 546 g/mol. The van der Waals surface area contributed by atoms with Gasteiger partial charge in [0.2, 0.25) is 0 Å². The first-order valence-corrected chi connectivity index (χ1v) is 12.9. The lowest BCUT2D eigenvalue weighted by molar-refractivity contribution is -0.118. The Bertz CT molecular complexity index is 1380. The summed E-state index contributed by atoms with van der Waals surface area (Å²) in [6.45, 7) is 0.812. The number of nitrogens with one attached hydrogen (secondary N) is 2. The van der Waals surface area contributed by atoms with Crippen LogP contribution in [0.1, 0.15) is 24.4 Å². The number of rotatable bonds is 7.